The van der Waals surface area contributed by atoms with E-state index in [2.05, 4.69) is 34.1 Å². The van der Waals surface area contributed by atoms with Gasteiger partial charge < -0.3 is 14.2 Å². The third kappa shape index (κ3) is 6.07. The third-order valence-electron chi connectivity index (χ3n) is 7.09. The normalized spacial score (nSPS) is 19.8. The molecule has 2 aliphatic heterocycles. The molecular weight excluding hydrogens is 428 g/mol. The maximum atomic E-state index is 13.0. The van der Waals surface area contributed by atoms with Crippen molar-refractivity contribution in [3.8, 4) is 0 Å². The van der Waals surface area contributed by atoms with Crippen LogP contribution in [0.5, 0.6) is 0 Å². The average molecular weight is 467 g/mol. The molecule has 1 aromatic carbocycles. The minimum atomic E-state index is -0.0288. The number of carbonyl (C=O) groups is 2. The number of rotatable bonds is 8. The van der Waals surface area contributed by atoms with Crippen LogP contribution in [-0.2, 0) is 17.9 Å². The Hall–Kier alpha value is -2.64. The molecule has 0 bridgehead atoms. The van der Waals surface area contributed by atoms with Gasteiger partial charge in [-0.1, -0.05) is 30.3 Å². The molecule has 2 amide bonds. The summed E-state index contributed by atoms with van der Waals surface area (Å²) in [5, 5.41) is 0. The lowest BCUT2D eigenvalue weighted by atomic mass is 9.96. The lowest BCUT2D eigenvalue weighted by molar-refractivity contribution is -0.137. The molecule has 0 N–H and O–H groups in total. The smallest absolute Gasteiger partial charge is 0.289 e. The van der Waals surface area contributed by atoms with E-state index < -0.39 is 0 Å². The Morgan fingerprint density at radius 2 is 1.65 bits per heavy atom. The second kappa shape index (κ2) is 11.7. The Bertz CT molecular complexity index is 932. The fourth-order valence-electron chi connectivity index (χ4n) is 5.10. The molecule has 4 rings (SSSR count). The van der Waals surface area contributed by atoms with Gasteiger partial charge in [-0.2, -0.15) is 0 Å². The van der Waals surface area contributed by atoms with Crippen molar-refractivity contribution in [2.45, 2.75) is 39.8 Å². The summed E-state index contributed by atoms with van der Waals surface area (Å²) < 4.78 is 5.97. The molecule has 1 atom stereocenters. The summed E-state index contributed by atoms with van der Waals surface area (Å²) in [5.41, 5.74) is 1.30. The topological polar surface area (TPSA) is 60.2 Å². The van der Waals surface area contributed by atoms with E-state index in [0.717, 1.165) is 64.4 Å². The van der Waals surface area contributed by atoms with Gasteiger partial charge in [0, 0.05) is 52.4 Å². The molecule has 184 valence electrons. The van der Waals surface area contributed by atoms with E-state index in [0.29, 0.717) is 25.4 Å². The van der Waals surface area contributed by atoms with Gasteiger partial charge in [0.25, 0.3) is 5.91 Å². The van der Waals surface area contributed by atoms with Crippen molar-refractivity contribution in [1.82, 2.24) is 19.6 Å². The molecule has 1 unspecified atom stereocenters. The summed E-state index contributed by atoms with van der Waals surface area (Å²) >= 11 is 0. The zero-order chi connectivity index (χ0) is 23.9. The first-order valence-electron chi connectivity index (χ1n) is 12.7. The zero-order valence-corrected chi connectivity index (χ0v) is 20.6. The molecule has 2 aromatic rings. The highest BCUT2D eigenvalue weighted by molar-refractivity contribution is 5.91. The molecular formula is C27H38N4O3. The Morgan fingerprint density at radius 1 is 0.912 bits per heavy atom. The van der Waals surface area contributed by atoms with Crippen molar-refractivity contribution < 1.29 is 14.0 Å². The number of carbonyl (C=O) groups excluding carboxylic acids is 2. The molecule has 2 fully saturated rings. The molecule has 0 radical (unpaired) electrons. The van der Waals surface area contributed by atoms with E-state index in [-0.39, 0.29) is 17.7 Å². The first-order valence-corrected chi connectivity index (χ1v) is 12.7. The number of benzene rings is 1. The van der Waals surface area contributed by atoms with E-state index in [1.807, 2.05) is 35.8 Å². The quantitative estimate of drug-likeness (QED) is 0.597. The molecule has 2 saturated heterocycles. The number of piperidine rings is 1. The highest BCUT2D eigenvalue weighted by Gasteiger charge is 2.29. The largest absolute Gasteiger partial charge is 0.455 e. The first-order chi connectivity index (χ1) is 16.6. The van der Waals surface area contributed by atoms with Crippen molar-refractivity contribution in [1.29, 1.82) is 0 Å². The summed E-state index contributed by atoms with van der Waals surface area (Å²) in [5.74, 6) is 1.49. The molecule has 3 heterocycles. The van der Waals surface area contributed by atoms with E-state index in [1.165, 1.54) is 5.56 Å². The SMILES string of the molecule is CCN(CC)C(=O)C1CCCN(Cc2ccc(C(=O)N3CCN(Cc4ccccc4)CC3)o2)C1. The zero-order valence-electron chi connectivity index (χ0n) is 20.6. The predicted molar refractivity (Wildman–Crippen MR) is 132 cm³/mol. The Labute approximate surface area is 203 Å². The van der Waals surface area contributed by atoms with Crippen LogP contribution in [0.15, 0.2) is 46.9 Å². The second-order valence-electron chi connectivity index (χ2n) is 9.40. The first kappa shape index (κ1) is 24.5. The molecule has 0 aliphatic carbocycles. The van der Waals surface area contributed by atoms with Crippen molar-refractivity contribution in [3.63, 3.8) is 0 Å². The number of furan rings is 1. The van der Waals surface area contributed by atoms with Gasteiger partial charge in [-0.05, 0) is 50.9 Å². The van der Waals surface area contributed by atoms with Gasteiger partial charge in [0.15, 0.2) is 5.76 Å². The molecule has 0 spiro atoms. The summed E-state index contributed by atoms with van der Waals surface area (Å²) in [7, 11) is 0. The highest BCUT2D eigenvalue weighted by atomic mass is 16.4. The van der Waals surface area contributed by atoms with E-state index in [9.17, 15) is 9.59 Å². The fourth-order valence-corrected chi connectivity index (χ4v) is 5.10. The Kier molecular flexibility index (Phi) is 8.40. The van der Waals surface area contributed by atoms with E-state index in [1.54, 1.807) is 6.07 Å². The van der Waals surface area contributed by atoms with Crippen LogP contribution < -0.4 is 0 Å². The van der Waals surface area contributed by atoms with Gasteiger partial charge >= 0.3 is 0 Å². The van der Waals surface area contributed by atoms with Gasteiger partial charge in [-0.3, -0.25) is 19.4 Å². The summed E-state index contributed by atoms with van der Waals surface area (Å²) in [6.45, 7) is 12.0. The average Bonchev–Trinajstić information content (AvgIpc) is 3.34. The number of amides is 2. The maximum Gasteiger partial charge on any atom is 0.289 e. The Morgan fingerprint density at radius 3 is 2.35 bits per heavy atom. The van der Waals surface area contributed by atoms with Crippen molar-refractivity contribution in [3.05, 3.63) is 59.5 Å². The van der Waals surface area contributed by atoms with Gasteiger partial charge in [0.05, 0.1) is 12.5 Å². The van der Waals surface area contributed by atoms with Gasteiger partial charge in [-0.25, -0.2) is 0 Å². The van der Waals surface area contributed by atoms with Crippen LogP contribution in [0.25, 0.3) is 0 Å². The Balaban J connectivity index is 1.27. The molecule has 7 nitrogen and oxygen atoms in total. The predicted octanol–water partition coefficient (Wildman–Crippen LogP) is 3.32. The maximum absolute atomic E-state index is 13.0. The molecule has 34 heavy (non-hydrogen) atoms. The van der Waals surface area contributed by atoms with Crippen LogP contribution in [0.4, 0.5) is 0 Å². The summed E-state index contributed by atoms with van der Waals surface area (Å²) in [4.78, 5) is 34.3. The number of likely N-dealkylation sites (tertiary alicyclic amines) is 1. The lowest BCUT2D eigenvalue weighted by Crippen LogP contribution is -2.48. The molecule has 2 aliphatic rings. The summed E-state index contributed by atoms with van der Waals surface area (Å²) in [6.07, 6.45) is 1.96. The lowest BCUT2D eigenvalue weighted by Gasteiger charge is -2.34. The van der Waals surface area contributed by atoms with Gasteiger partial charge in [0.1, 0.15) is 5.76 Å². The van der Waals surface area contributed by atoms with Crippen molar-refractivity contribution in [2.75, 3.05) is 52.4 Å². The van der Waals surface area contributed by atoms with Crippen LogP contribution in [0.3, 0.4) is 0 Å². The molecule has 0 saturated carbocycles. The summed E-state index contributed by atoms with van der Waals surface area (Å²) in [6, 6.07) is 14.2. The molecule has 7 heteroatoms. The van der Waals surface area contributed by atoms with Crippen LogP contribution >= 0.6 is 0 Å². The minimum Gasteiger partial charge on any atom is -0.455 e. The molecule has 1 aromatic heterocycles. The minimum absolute atomic E-state index is 0.0288. The van der Waals surface area contributed by atoms with Crippen LogP contribution in [-0.4, -0.2) is 83.8 Å². The highest BCUT2D eigenvalue weighted by Crippen LogP contribution is 2.22. The van der Waals surface area contributed by atoms with Crippen molar-refractivity contribution in [2.24, 2.45) is 5.92 Å². The fraction of sp³-hybridized carbons (Fsp3) is 0.556. The third-order valence-corrected chi connectivity index (χ3v) is 7.09. The van der Waals surface area contributed by atoms with Crippen LogP contribution in [0.2, 0.25) is 0 Å². The number of piperazine rings is 1. The number of hydrogen-bond donors (Lipinski definition) is 0. The van der Waals surface area contributed by atoms with Crippen LogP contribution in [0, 0.1) is 5.92 Å². The number of hydrogen-bond acceptors (Lipinski definition) is 5. The van der Waals surface area contributed by atoms with E-state index in [4.69, 9.17) is 4.42 Å². The second-order valence-corrected chi connectivity index (χ2v) is 9.40. The van der Waals surface area contributed by atoms with Gasteiger partial charge in [0.2, 0.25) is 5.91 Å². The van der Waals surface area contributed by atoms with Crippen molar-refractivity contribution >= 4 is 11.8 Å². The number of nitrogens with zero attached hydrogens (tertiary/aromatic N) is 4. The van der Waals surface area contributed by atoms with Crippen LogP contribution in [0.1, 0.15) is 48.6 Å². The van der Waals surface area contributed by atoms with Gasteiger partial charge in [-0.15, -0.1) is 0 Å². The van der Waals surface area contributed by atoms with E-state index >= 15 is 0 Å². The standard InChI is InChI=1S/C27H38N4O3/c1-3-30(4-2)26(32)23-11-8-14-29(20-23)21-24-12-13-25(34-24)27(33)31-17-15-28(16-18-31)19-22-9-6-5-7-10-22/h5-7,9-10,12-13,23H,3-4,8,11,14-21H2,1-2H3. The monoisotopic (exact) mass is 466 g/mol.